The standard InChI is InChI=1S/C15H18N4/c1-10(2)14-12-5-7-17-9-13(12)18-15(19-14)11-4-3-6-16-8-11/h3-4,6,8,10,17H,5,7,9H2,1-2H3. The number of fused-ring (bicyclic) bond motifs is 1. The van der Waals surface area contributed by atoms with Crippen LogP contribution < -0.4 is 5.32 Å². The van der Waals surface area contributed by atoms with Gasteiger partial charge in [0.2, 0.25) is 0 Å². The monoisotopic (exact) mass is 254 g/mol. The summed E-state index contributed by atoms with van der Waals surface area (Å²) in [4.78, 5) is 13.6. The van der Waals surface area contributed by atoms with Gasteiger partial charge in [-0.1, -0.05) is 13.8 Å². The Morgan fingerprint density at radius 3 is 2.89 bits per heavy atom. The summed E-state index contributed by atoms with van der Waals surface area (Å²) < 4.78 is 0. The van der Waals surface area contributed by atoms with Gasteiger partial charge in [-0.2, -0.15) is 0 Å². The van der Waals surface area contributed by atoms with Crippen molar-refractivity contribution in [2.45, 2.75) is 32.7 Å². The zero-order valence-corrected chi connectivity index (χ0v) is 11.3. The van der Waals surface area contributed by atoms with E-state index in [1.54, 1.807) is 6.20 Å². The Morgan fingerprint density at radius 2 is 2.16 bits per heavy atom. The molecule has 0 aromatic carbocycles. The fourth-order valence-electron chi connectivity index (χ4n) is 2.49. The first kappa shape index (κ1) is 12.2. The summed E-state index contributed by atoms with van der Waals surface area (Å²) in [5.74, 6) is 1.21. The van der Waals surface area contributed by atoms with E-state index in [0.29, 0.717) is 5.92 Å². The molecule has 1 aliphatic heterocycles. The summed E-state index contributed by atoms with van der Waals surface area (Å²) in [5, 5.41) is 3.38. The lowest BCUT2D eigenvalue weighted by molar-refractivity contribution is 0.609. The fourth-order valence-corrected chi connectivity index (χ4v) is 2.49. The van der Waals surface area contributed by atoms with Crippen LogP contribution in [-0.2, 0) is 13.0 Å². The summed E-state index contributed by atoms with van der Waals surface area (Å²) in [6.07, 6.45) is 4.62. The quantitative estimate of drug-likeness (QED) is 0.893. The summed E-state index contributed by atoms with van der Waals surface area (Å²) >= 11 is 0. The number of hydrogen-bond acceptors (Lipinski definition) is 4. The molecule has 0 aliphatic carbocycles. The first-order valence-electron chi connectivity index (χ1n) is 6.76. The molecule has 3 heterocycles. The van der Waals surface area contributed by atoms with Gasteiger partial charge in [-0.15, -0.1) is 0 Å². The van der Waals surface area contributed by atoms with Gasteiger partial charge >= 0.3 is 0 Å². The van der Waals surface area contributed by atoms with Crippen LogP contribution in [0, 0.1) is 0 Å². The second-order valence-electron chi connectivity index (χ2n) is 5.18. The fraction of sp³-hybridized carbons (Fsp3) is 0.400. The van der Waals surface area contributed by atoms with Crippen LogP contribution in [-0.4, -0.2) is 21.5 Å². The third-order valence-electron chi connectivity index (χ3n) is 3.44. The predicted molar refractivity (Wildman–Crippen MR) is 74.8 cm³/mol. The van der Waals surface area contributed by atoms with Crippen LogP contribution in [0.15, 0.2) is 24.5 Å². The van der Waals surface area contributed by atoms with Gasteiger partial charge in [0, 0.05) is 24.5 Å². The molecule has 1 N–H and O–H groups in total. The number of nitrogens with one attached hydrogen (secondary N) is 1. The van der Waals surface area contributed by atoms with E-state index in [0.717, 1.165) is 36.6 Å². The number of hydrogen-bond donors (Lipinski definition) is 1. The smallest absolute Gasteiger partial charge is 0.161 e. The highest BCUT2D eigenvalue weighted by Gasteiger charge is 2.19. The van der Waals surface area contributed by atoms with Crippen molar-refractivity contribution < 1.29 is 0 Å². The van der Waals surface area contributed by atoms with E-state index < -0.39 is 0 Å². The maximum atomic E-state index is 4.78. The lowest BCUT2D eigenvalue weighted by Crippen LogP contribution is -2.27. The van der Waals surface area contributed by atoms with Crippen molar-refractivity contribution in [2.24, 2.45) is 0 Å². The van der Waals surface area contributed by atoms with E-state index in [1.165, 1.54) is 11.3 Å². The molecule has 2 aromatic heterocycles. The first-order valence-corrected chi connectivity index (χ1v) is 6.76. The van der Waals surface area contributed by atoms with Crippen molar-refractivity contribution in [3.05, 3.63) is 41.5 Å². The molecular formula is C15H18N4. The minimum absolute atomic E-state index is 0.422. The summed E-state index contributed by atoms with van der Waals surface area (Å²) in [5.41, 5.74) is 4.65. The second kappa shape index (κ2) is 5.05. The molecule has 0 fully saturated rings. The number of nitrogens with zero attached hydrogens (tertiary/aromatic N) is 3. The maximum absolute atomic E-state index is 4.78. The summed E-state index contributed by atoms with van der Waals surface area (Å²) in [7, 11) is 0. The van der Waals surface area contributed by atoms with Gasteiger partial charge in [-0.05, 0) is 36.6 Å². The Bertz CT molecular complexity index is 578. The van der Waals surface area contributed by atoms with Crippen LogP contribution in [0.4, 0.5) is 0 Å². The zero-order chi connectivity index (χ0) is 13.2. The average molecular weight is 254 g/mol. The molecule has 19 heavy (non-hydrogen) atoms. The largest absolute Gasteiger partial charge is 0.311 e. The molecule has 0 saturated heterocycles. The molecule has 0 bridgehead atoms. The molecule has 3 rings (SSSR count). The van der Waals surface area contributed by atoms with Crippen molar-refractivity contribution >= 4 is 0 Å². The van der Waals surface area contributed by atoms with Crippen molar-refractivity contribution in [1.29, 1.82) is 0 Å². The van der Waals surface area contributed by atoms with Gasteiger partial charge in [0.25, 0.3) is 0 Å². The third kappa shape index (κ3) is 2.36. The highest BCUT2D eigenvalue weighted by Crippen LogP contribution is 2.25. The predicted octanol–water partition coefficient (Wildman–Crippen LogP) is 2.31. The lowest BCUT2D eigenvalue weighted by atomic mass is 9.97. The minimum atomic E-state index is 0.422. The molecule has 4 nitrogen and oxygen atoms in total. The van der Waals surface area contributed by atoms with Crippen LogP contribution in [0.5, 0.6) is 0 Å². The highest BCUT2D eigenvalue weighted by atomic mass is 15.0. The second-order valence-corrected chi connectivity index (χ2v) is 5.18. The van der Waals surface area contributed by atoms with Gasteiger partial charge in [-0.25, -0.2) is 9.97 Å². The van der Waals surface area contributed by atoms with Crippen molar-refractivity contribution in [1.82, 2.24) is 20.3 Å². The van der Waals surface area contributed by atoms with Crippen LogP contribution in [0.1, 0.15) is 36.7 Å². The lowest BCUT2D eigenvalue weighted by Gasteiger charge is -2.21. The van der Waals surface area contributed by atoms with E-state index in [1.807, 2.05) is 18.3 Å². The number of pyridine rings is 1. The molecule has 0 amide bonds. The van der Waals surface area contributed by atoms with E-state index in [9.17, 15) is 0 Å². The van der Waals surface area contributed by atoms with Crippen LogP contribution in [0.3, 0.4) is 0 Å². The van der Waals surface area contributed by atoms with E-state index in [-0.39, 0.29) is 0 Å². The van der Waals surface area contributed by atoms with Crippen molar-refractivity contribution in [3.63, 3.8) is 0 Å². The Hall–Kier alpha value is -1.81. The Balaban J connectivity index is 2.14. The van der Waals surface area contributed by atoms with Crippen molar-refractivity contribution in [2.75, 3.05) is 6.54 Å². The molecule has 4 heteroatoms. The summed E-state index contributed by atoms with van der Waals surface area (Å²) in [6, 6.07) is 3.93. The third-order valence-corrected chi connectivity index (χ3v) is 3.44. The Morgan fingerprint density at radius 1 is 1.26 bits per heavy atom. The average Bonchev–Trinajstić information content (AvgIpc) is 2.47. The van der Waals surface area contributed by atoms with Gasteiger partial charge < -0.3 is 5.32 Å². The first-order chi connectivity index (χ1) is 9.25. The molecule has 2 aromatic rings. The van der Waals surface area contributed by atoms with Gasteiger partial charge in [0.1, 0.15) is 0 Å². The molecule has 0 unspecified atom stereocenters. The van der Waals surface area contributed by atoms with Crippen molar-refractivity contribution in [3.8, 4) is 11.4 Å². The van der Waals surface area contributed by atoms with E-state index in [2.05, 4.69) is 24.1 Å². The molecule has 0 radical (unpaired) electrons. The molecule has 1 aliphatic rings. The molecule has 0 atom stereocenters. The van der Waals surface area contributed by atoms with Gasteiger partial charge in [-0.3, -0.25) is 4.98 Å². The zero-order valence-electron chi connectivity index (χ0n) is 11.3. The van der Waals surface area contributed by atoms with Crippen LogP contribution in [0.25, 0.3) is 11.4 Å². The molecule has 0 saturated carbocycles. The van der Waals surface area contributed by atoms with Gasteiger partial charge in [0.05, 0.1) is 11.4 Å². The Labute approximate surface area is 113 Å². The molecular weight excluding hydrogens is 236 g/mol. The molecule has 98 valence electrons. The maximum Gasteiger partial charge on any atom is 0.161 e. The number of aromatic nitrogens is 3. The van der Waals surface area contributed by atoms with Gasteiger partial charge in [0.15, 0.2) is 5.82 Å². The molecule has 0 spiro atoms. The number of rotatable bonds is 2. The highest BCUT2D eigenvalue weighted by molar-refractivity contribution is 5.54. The summed E-state index contributed by atoms with van der Waals surface area (Å²) in [6.45, 7) is 6.24. The van der Waals surface area contributed by atoms with E-state index >= 15 is 0 Å². The normalized spacial score (nSPS) is 14.5. The Kier molecular flexibility index (Phi) is 3.25. The van der Waals surface area contributed by atoms with Crippen LogP contribution in [0.2, 0.25) is 0 Å². The van der Waals surface area contributed by atoms with Crippen LogP contribution >= 0.6 is 0 Å². The topological polar surface area (TPSA) is 50.7 Å². The van der Waals surface area contributed by atoms with E-state index in [4.69, 9.17) is 9.97 Å². The SMILES string of the molecule is CC(C)c1nc(-c2cccnc2)nc2c1CCNC2. The minimum Gasteiger partial charge on any atom is -0.311 e.